The molecule has 9 heteroatoms. The van der Waals surface area contributed by atoms with E-state index in [-0.39, 0.29) is 11.7 Å². The SMILES string of the molecule is Cc1nc(SCC(=O)Nc2nc3ccc(N)cc3s2)n[nH]1. The van der Waals surface area contributed by atoms with Crippen molar-refractivity contribution in [2.75, 3.05) is 16.8 Å². The molecule has 7 nitrogen and oxygen atoms in total. The topological polar surface area (TPSA) is 110 Å². The molecule has 0 aliphatic rings. The van der Waals surface area contributed by atoms with Crippen LogP contribution in [0.5, 0.6) is 0 Å². The van der Waals surface area contributed by atoms with E-state index in [1.165, 1.54) is 23.1 Å². The lowest BCUT2D eigenvalue weighted by molar-refractivity contribution is -0.113. The second-order valence-corrected chi connectivity index (χ2v) is 6.26. The first-order valence-electron chi connectivity index (χ1n) is 6.08. The predicted molar refractivity (Wildman–Crippen MR) is 84.5 cm³/mol. The number of aromatic amines is 1. The monoisotopic (exact) mass is 320 g/mol. The van der Waals surface area contributed by atoms with Crippen molar-refractivity contribution in [3.8, 4) is 0 Å². The Balaban J connectivity index is 1.63. The molecule has 0 bridgehead atoms. The molecule has 2 aromatic heterocycles. The predicted octanol–water partition coefficient (Wildman–Crippen LogP) is 2.04. The number of thiazole rings is 1. The summed E-state index contributed by atoms with van der Waals surface area (Å²) in [5, 5.41) is 10.6. The molecule has 108 valence electrons. The molecule has 0 unspecified atom stereocenters. The molecule has 3 rings (SSSR count). The minimum Gasteiger partial charge on any atom is -0.399 e. The third-order valence-corrected chi connectivity index (χ3v) is 4.35. The Morgan fingerprint density at radius 3 is 3.10 bits per heavy atom. The fourth-order valence-corrected chi connectivity index (χ4v) is 3.24. The molecule has 0 saturated heterocycles. The van der Waals surface area contributed by atoms with Crippen LogP contribution in [0.1, 0.15) is 5.82 Å². The number of amides is 1. The summed E-state index contributed by atoms with van der Waals surface area (Å²) in [6.45, 7) is 1.81. The molecule has 4 N–H and O–H groups in total. The largest absolute Gasteiger partial charge is 0.399 e. The number of fused-ring (bicyclic) bond motifs is 1. The standard InChI is InChI=1S/C12H12N6OS2/c1-6-14-12(18-17-6)20-5-10(19)16-11-15-8-3-2-7(13)4-9(8)21-11/h2-4H,5,13H2,1H3,(H,14,17,18)(H,15,16,19). The van der Waals surface area contributed by atoms with Gasteiger partial charge in [0.1, 0.15) is 5.82 Å². The lowest BCUT2D eigenvalue weighted by Gasteiger charge is -1.98. The number of rotatable bonds is 4. The second-order valence-electron chi connectivity index (χ2n) is 4.29. The molecule has 3 aromatic rings. The van der Waals surface area contributed by atoms with E-state index in [1.807, 2.05) is 19.1 Å². The fourth-order valence-electron chi connectivity index (χ4n) is 1.67. The smallest absolute Gasteiger partial charge is 0.236 e. The van der Waals surface area contributed by atoms with Crippen molar-refractivity contribution < 1.29 is 4.79 Å². The lowest BCUT2D eigenvalue weighted by Crippen LogP contribution is -2.13. The van der Waals surface area contributed by atoms with Gasteiger partial charge in [0.05, 0.1) is 16.0 Å². The summed E-state index contributed by atoms with van der Waals surface area (Å²) in [7, 11) is 0. The minimum absolute atomic E-state index is 0.144. The van der Waals surface area contributed by atoms with Gasteiger partial charge in [0.25, 0.3) is 0 Å². The first-order chi connectivity index (χ1) is 10.1. The number of hydrogen-bond donors (Lipinski definition) is 3. The molecule has 0 atom stereocenters. The molecule has 0 saturated carbocycles. The molecule has 1 aromatic carbocycles. The van der Waals surface area contributed by atoms with E-state index in [0.29, 0.717) is 16.0 Å². The van der Waals surface area contributed by atoms with Crippen LogP contribution in [-0.2, 0) is 4.79 Å². The van der Waals surface area contributed by atoms with Crippen LogP contribution in [0.2, 0.25) is 0 Å². The van der Waals surface area contributed by atoms with E-state index in [4.69, 9.17) is 5.73 Å². The Morgan fingerprint density at radius 2 is 2.33 bits per heavy atom. The number of anilines is 2. The Bertz CT molecular complexity index is 796. The van der Waals surface area contributed by atoms with Crippen LogP contribution in [0.15, 0.2) is 23.4 Å². The average molecular weight is 320 g/mol. The van der Waals surface area contributed by atoms with Crippen molar-refractivity contribution in [2.24, 2.45) is 0 Å². The van der Waals surface area contributed by atoms with Crippen LogP contribution < -0.4 is 11.1 Å². The van der Waals surface area contributed by atoms with Crippen LogP contribution in [0.3, 0.4) is 0 Å². The molecule has 2 heterocycles. The van der Waals surface area contributed by atoms with E-state index in [9.17, 15) is 4.79 Å². The van der Waals surface area contributed by atoms with Crippen molar-refractivity contribution in [1.29, 1.82) is 0 Å². The number of carbonyl (C=O) groups excluding carboxylic acids is 1. The maximum atomic E-state index is 11.9. The number of H-pyrrole nitrogens is 1. The number of hydrogen-bond acceptors (Lipinski definition) is 7. The molecular weight excluding hydrogens is 308 g/mol. The van der Waals surface area contributed by atoms with Gasteiger partial charge in [-0.15, -0.1) is 5.10 Å². The number of nitrogens with one attached hydrogen (secondary N) is 2. The third kappa shape index (κ3) is 3.31. The van der Waals surface area contributed by atoms with Gasteiger partial charge in [-0.1, -0.05) is 23.1 Å². The molecule has 21 heavy (non-hydrogen) atoms. The van der Waals surface area contributed by atoms with Gasteiger partial charge < -0.3 is 11.1 Å². The highest BCUT2D eigenvalue weighted by Gasteiger charge is 2.10. The molecule has 0 aliphatic carbocycles. The van der Waals surface area contributed by atoms with E-state index in [2.05, 4.69) is 25.5 Å². The Hall–Kier alpha value is -2.13. The number of nitrogens with two attached hydrogens (primary N) is 1. The number of nitrogens with zero attached hydrogens (tertiary/aromatic N) is 3. The molecule has 0 spiro atoms. The zero-order chi connectivity index (χ0) is 14.8. The molecule has 0 fully saturated rings. The van der Waals surface area contributed by atoms with Gasteiger partial charge in [-0.3, -0.25) is 9.89 Å². The molecule has 1 amide bonds. The minimum atomic E-state index is -0.144. The number of aromatic nitrogens is 4. The van der Waals surface area contributed by atoms with Gasteiger partial charge in [0.2, 0.25) is 11.1 Å². The summed E-state index contributed by atoms with van der Waals surface area (Å²) < 4.78 is 0.947. The van der Waals surface area contributed by atoms with Gasteiger partial charge in [-0.25, -0.2) is 9.97 Å². The van der Waals surface area contributed by atoms with Crippen molar-refractivity contribution in [3.05, 3.63) is 24.0 Å². The van der Waals surface area contributed by atoms with E-state index < -0.39 is 0 Å². The van der Waals surface area contributed by atoms with Crippen LogP contribution >= 0.6 is 23.1 Å². The van der Waals surface area contributed by atoms with Gasteiger partial charge in [-0.05, 0) is 25.1 Å². The van der Waals surface area contributed by atoms with Crippen LogP contribution in [0.25, 0.3) is 10.2 Å². The van der Waals surface area contributed by atoms with Gasteiger partial charge in [-0.2, -0.15) is 0 Å². The average Bonchev–Trinajstić information content (AvgIpc) is 3.01. The Morgan fingerprint density at radius 1 is 1.48 bits per heavy atom. The van der Waals surface area contributed by atoms with Crippen LogP contribution in [-0.4, -0.2) is 31.8 Å². The normalized spacial score (nSPS) is 10.9. The zero-order valence-electron chi connectivity index (χ0n) is 11.1. The fraction of sp³-hybridized carbons (Fsp3) is 0.167. The van der Waals surface area contributed by atoms with Crippen molar-refractivity contribution in [2.45, 2.75) is 12.1 Å². The third-order valence-electron chi connectivity index (χ3n) is 2.57. The molecule has 0 radical (unpaired) electrons. The highest BCUT2D eigenvalue weighted by atomic mass is 32.2. The summed E-state index contributed by atoms with van der Waals surface area (Å²) >= 11 is 2.67. The summed E-state index contributed by atoms with van der Waals surface area (Å²) in [5.41, 5.74) is 7.22. The Kier molecular flexibility index (Phi) is 3.76. The quantitative estimate of drug-likeness (QED) is 0.501. The summed E-state index contributed by atoms with van der Waals surface area (Å²) in [5.74, 6) is 0.811. The van der Waals surface area contributed by atoms with Crippen molar-refractivity contribution >= 4 is 50.0 Å². The molecule has 0 aliphatic heterocycles. The zero-order valence-corrected chi connectivity index (χ0v) is 12.7. The summed E-state index contributed by atoms with van der Waals surface area (Å²) in [6.07, 6.45) is 0. The Labute approximate surface area is 128 Å². The highest BCUT2D eigenvalue weighted by Crippen LogP contribution is 2.27. The lowest BCUT2D eigenvalue weighted by atomic mass is 10.3. The van der Waals surface area contributed by atoms with Crippen LogP contribution in [0, 0.1) is 6.92 Å². The van der Waals surface area contributed by atoms with Gasteiger partial charge in [0.15, 0.2) is 5.13 Å². The summed E-state index contributed by atoms with van der Waals surface area (Å²) in [4.78, 5) is 20.3. The first-order valence-corrected chi connectivity index (χ1v) is 7.88. The van der Waals surface area contributed by atoms with Crippen molar-refractivity contribution in [3.63, 3.8) is 0 Å². The number of benzene rings is 1. The molecular formula is C12H12N6OS2. The number of carbonyl (C=O) groups is 1. The maximum Gasteiger partial charge on any atom is 0.236 e. The van der Waals surface area contributed by atoms with Crippen LogP contribution in [0.4, 0.5) is 10.8 Å². The number of aryl methyl sites for hydroxylation is 1. The first kappa shape index (κ1) is 13.8. The van der Waals surface area contributed by atoms with E-state index in [0.717, 1.165) is 16.0 Å². The second kappa shape index (κ2) is 5.70. The maximum absolute atomic E-state index is 11.9. The highest BCUT2D eigenvalue weighted by molar-refractivity contribution is 7.99. The van der Waals surface area contributed by atoms with Crippen molar-refractivity contribution in [1.82, 2.24) is 20.2 Å². The number of thioether (sulfide) groups is 1. The van der Waals surface area contributed by atoms with Gasteiger partial charge in [0, 0.05) is 5.69 Å². The number of nitrogen functional groups attached to an aromatic ring is 1. The van der Waals surface area contributed by atoms with E-state index in [1.54, 1.807) is 6.07 Å². The van der Waals surface area contributed by atoms with Gasteiger partial charge >= 0.3 is 0 Å². The summed E-state index contributed by atoms with van der Waals surface area (Å²) in [6, 6.07) is 5.46. The van der Waals surface area contributed by atoms with E-state index >= 15 is 0 Å².